The van der Waals surface area contributed by atoms with Gasteiger partial charge in [0.1, 0.15) is 0 Å². The first-order valence-corrected chi connectivity index (χ1v) is 7.13. The summed E-state index contributed by atoms with van der Waals surface area (Å²) in [7, 11) is 0. The number of nitrogens with zero attached hydrogens (tertiary/aromatic N) is 1. The number of rotatable bonds is 2. The molecule has 2 atom stereocenters. The van der Waals surface area contributed by atoms with E-state index in [2.05, 4.69) is 22.5 Å². The summed E-state index contributed by atoms with van der Waals surface area (Å²) in [6, 6.07) is 4.17. The van der Waals surface area contributed by atoms with Crippen molar-refractivity contribution in [2.24, 2.45) is 5.92 Å². The molecule has 0 spiro atoms. The third-order valence-electron chi connectivity index (χ3n) is 3.44. The van der Waals surface area contributed by atoms with Gasteiger partial charge >= 0.3 is 0 Å². The highest BCUT2D eigenvalue weighted by atomic mass is 35.5. The van der Waals surface area contributed by atoms with E-state index in [1.54, 1.807) is 6.20 Å². The number of hydrogen-bond donors (Lipinski definition) is 2. The lowest BCUT2D eigenvalue weighted by Gasteiger charge is -2.30. The minimum absolute atomic E-state index is 0.443. The maximum atomic E-state index is 5.98. The first-order chi connectivity index (χ1) is 8.66. The molecule has 0 saturated heterocycles. The zero-order chi connectivity index (χ0) is 13.0. The van der Waals surface area contributed by atoms with Gasteiger partial charge in [0, 0.05) is 12.2 Å². The Balaban J connectivity index is 1.90. The molecular weight excluding hydrogens is 266 g/mol. The van der Waals surface area contributed by atoms with Crippen molar-refractivity contribution in [1.82, 2.24) is 10.3 Å². The van der Waals surface area contributed by atoms with Crippen molar-refractivity contribution in [2.75, 3.05) is 5.32 Å². The highest BCUT2D eigenvalue weighted by molar-refractivity contribution is 7.80. The normalized spacial score (nSPS) is 23.4. The number of aromatic nitrogens is 1. The summed E-state index contributed by atoms with van der Waals surface area (Å²) >= 11 is 11.3. The molecule has 1 aromatic rings. The second-order valence-corrected chi connectivity index (χ2v) is 5.57. The Morgan fingerprint density at radius 3 is 2.94 bits per heavy atom. The number of nitrogens with one attached hydrogen (secondary N) is 2. The number of anilines is 1. The van der Waals surface area contributed by atoms with Gasteiger partial charge in [-0.2, -0.15) is 0 Å². The van der Waals surface area contributed by atoms with Gasteiger partial charge in [0.2, 0.25) is 0 Å². The van der Waals surface area contributed by atoms with Crippen LogP contribution in [-0.2, 0) is 0 Å². The van der Waals surface area contributed by atoms with Crippen LogP contribution in [0.4, 0.5) is 5.69 Å². The minimum atomic E-state index is 0.443. The van der Waals surface area contributed by atoms with E-state index in [9.17, 15) is 0 Å². The van der Waals surface area contributed by atoms with Crippen molar-refractivity contribution in [1.29, 1.82) is 0 Å². The predicted molar refractivity (Wildman–Crippen MR) is 80.0 cm³/mol. The van der Waals surface area contributed by atoms with Crippen LogP contribution in [-0.4, -0.2) is 16.1 Å². The van der Waals surface area contributed by atoms with Crippen LogP contribution in [0.15, 0.2) is 18.3 Å². The Labute approximate surface area is 118 Å². The highest BCUT2D eigenvalue weighted by Gasteiger charge is 2.21. The van der Waals surface area contributed by atoms with Crippen molar-refractivity contribution in [3.05, 3.63) is 23.5 Å². The van der Waals surface area contributed by atoms with E-state index in [0.29, 0.717) is 22.2 Å². The summed E-state index contributed by atoms with van der Waals surface area (Å²) in [5.41, 5.74) is 0.750. The largest absolute Gasteiger partial charge is 0.359 e. The second kappa shape index (κ2) is 6.34. The lowest BCUT2D eigenvalue weighted by molar-refractivity contribution is 0.309. The van der Waals surface area contributed by atoms with Gasteiger partial charge in [-0.05, 0) is 43.1 Å². The summed E-state index contributed by atoms with van der Waals surface area (Å²) in [6.45, 7) is 2.27. The molecule has 2 rings (SSSR count). The van der Waals surface area contributed by atoms with E-state index in [1.165, 1.54) is 25.7 Å². The van der Waals surface area contributed by atoms with Gasteiger partial charge in [-0.15, -0.1) is 0 Å². The van der Waals surface area contributed by atoms with Crippen molar-refractivity contribution in [2.45, 2.75) is 38.6 Å². The number of halogens is 1. The van der Waals surface area contributed by atoms with Gasteiger partial charge in [0.15, 0.2) is 10.3 Å². The van der Waals surface area contributed by atoms with Crippen LogP contribution in [0.5, 0.6) is 0 Å². The quantitative estimate of drug-likeness (QED) is 0.642. The van der Waals surface area contributed by atoms with E-state index >= 15 is 0 Å². The summed E-state index contributed by atoms with van der Waals surface area (Å²) in [4.78, 5) is 4.01. The van der Waals surface area contributed by atoms with Gasteiger partial charge < -0.3 is 10.6 Å². The van der Waals surface area contributed by atoms with E-state index in [0.717, 1.165) is 5.69 Å². The molecule has 1 aliphatic rings. The van der Waals surface area contributed by atoms with Crippen molar-refractivity contribution in [3.8, 4) is 0 Å². The lowest BCUT2D eigenvalue weighted by atomic mass is 9.86. The van der Waals surface area contributed by atoms with Gasteiger partial charge in [-0.25, -0.2) is 4.98 Å². The molecule has 98 valence electrons. The summed E-state index contributed by atoms with van der Waals surface area (Å²) in [5.74, 6) is 0.669. The first-order valence-electron chi connectivity index (χ1n) is 6.35. The summed E-state index contributed by atoms with van der Waals surface area (Å²) in [6.07, 6.45) is 6.72. The third-order valence-corrected chi connectivity index (χ3v) is 3.96. The van der Waals surface area contributed by atoms with E-state index in [-0.39, 0.29) is 0 Å². The van der Waals surface area contributed by atoms with Gasteiger partial charge in [0.25, 0.3) is 0 Å². The maximum absolute atomic E-state index is 5.98. The third kappa shape index (κ3) is 3.56. The topological polar surface area (TPSA) is 37.0 Å². The van der Waals surface area contributed by atoms with Crippen LogP contribution in [0.2, 0.25) is 5.15 Å². The molecular formula is C13H18ClN3S. The van der Waals surface area contributed by atoms with Gasteiger partial charge in [-0.1, -0.05) is 31.4 Å². The maximum Gasteiger partial charge on any atom is 0.171 e. The molecule has 2 N–H and O–H groups in total. The molecule has 1 saturated carbocycles. The molecule has 1 aromatic heterocycles. The number of thiocarbonyl (C=S) groups is 1. The van der Waals surface area contributed by atoms with Crippen LogP contribution in [0, 0.1) is 5.92 Å². The fourth-order valence-corrected chi connectivity index (χ4v) is 2.76. The Bertz CT molecular complexity index is 424. The Morgan fingerprint density at radius 2 is 2.22 bits per heavy atom. The molecule has 18 heavy (non-hydrogen) atoms. The zero-order valence-electron chi connectivity index (χ0n) is 10.4. The molecule has 0 aliphatic heterocycles. The summed E-state index contributed by atoms with van der Waals surface area (Å²) < 4.78 is 0. The summed E-state index contributed by atoms with van der Waals surface area (Å²) in [5, 5.41) is 7.55. The fraction of sp³-hybridized carbons (Fsp3) is 0.538. The Kier molecular flexibility index (Phi) is 4.78. The van der Waals surface area contributed by atoms with Crippen LogP contribution < -0.4 is 10.6 Å². The Hall–Kier alpha value is -0.870. The van der Waals surface area contributed by atoms with E-state index in [4.69, 9.17) is 23.8 Å². The lowest BCUT2D eigenvalue weighted by Crippen LogP contribution is -2.43. The number of pyridine rings is 1. The van der Waals surface area contributed by atoms with E-state index in [1.807, 2.05) is 12.1 Å². The van der Waals surface area contributed by atoms with Gasteiger partial charge in [-0.3, -0.25) is 0 Å². The van der Waals surface area contributed by atoms with Crippen molar-refractivity contribution < 1.29 is 0 Å². The van der Waals surface area contributed by atoms with Crippen LogP contribution >= 0.6 is 23.8 Å². The molecule has 0 radical (unpaired) electrons. The van der Waals surface area contributed by atoms with Crippen molar-refractivity contribution in [3.63, 3.8) is 0 Å². The molecule has 0 unspecified atom stereocenters. The molecule has 1 fully saturated rings. The SMILES string of the molecule is C[C@H]1CCCC[C@@H]1NC(=S)Nc1cccnc1Cl. The average Bonchev–Trinajstić information content (AvgIpc) is 2.35. The van der Waals surface area contributed by atoms with Crippen molar-refractivity contribution >= 4 is 34.6 Å². The average molecular weight is 284 g/mol. The predicted octanol–water partition coefficient (Wildman–Crippen LogP) is 3.60. The smallest absolute Gasteiger partial charge is 0.171 e. The molecule has 0 aromatic carbocycles. The molecule has 1 aliphatic carbocycles. The highest BCUT2D eigenvalue weighted by Crippen LogP contribution is 2.24. The van der Waals surface area contributed by atoms with Crippen LogP contribution in [0.1, 0.15) is 32.6 Å². The molecule has 0 bridgehead atoms. The molecule has 3 nitrogen and oxygen atoms in total. The van der Waals surface area contributed by atoms with Crippen LogP contribution in [0.25, 0.3) is 0 Å². The molecule has 1 heterocycles. The van der Waals surface area contributed by atoms with E-state index < -0.39 is 0 Å². The second-order valence-electron chi connectivity index (χ2n) is 4.81. The fourth-order valence-electron chi connectivity index (χ4n) is 2.34. The van der Waals surface area contributed by atoms with Gasteiger partial charge in [0.05, 0.1) is 5.69 Å². The minimum Gasteiger partial charge on any atom is -0.359 e. The zero-order valence-corrected chi connectivity index (χ0v) is 12.0. The first kappa shape index (κ1) is 13.6. The molecule has 5 heteroatoms. The Morgan fingerprint density at radius 1 is 1.44 bits per heavy atom. The standard InChI is InChI=1S/C13H18ClN3S/c1-9-5-2-3-6-10(9)16-13(18)17-11-7-4-8-15-12(11)14/h4,7-10H,2-3,5-6H2,1H3,(H2,16,17,18)/t9-,10-/m0/s1. The monoisotopic (exact) mass is 283 g/mol. The molecule has 0 amide bonds. The number of hydrogen-bond acceptors (Lipinski definition) is 2. The van der Waals surface area contributed by atoms with Crippen LogP contribution in [0.3, 0.4) is 0 Å².